The molecule has 0 aliphatic rings. The molecular weight excluding hydrogens is 311 g/mol. The van der Waals surface area contributed by atoms with E-state index in [9.17, 15) is 19.1 Å². The number of carbonyl (C=O) groups excluding carboxylic acids is 2. The predicted octanol–water partition coefficient (Wildman–Crippen LogP) is 2.44. The average Bonchev–Trinajstić information content (AvgIpc) is 2.49. The maximum absolute atomic E-state index is 13.4. The second-order valence-electron chi connectivity index (χ2n) is 4.39. The molecule has 7 heteroatoms. The molecule has 5 nitrogen and oxygen atoms in total. The third-order valence-corrected chi connectivity index (χ3v) is 3.05. The van der Waals surface area contributed by atoms with Gasteiger partial charge in [0.25, 0.3) is 0 Å². The molecule has 0 aromatic heterocycles. The molecule has 0 unspecified atom stereocenters. The Morgan fingerprint density at radius 3 is 2.59 bits per heavy atom. The number of halogens is 2. The normalized spacial score (nSPS) is 10.1. The molecule has 0 fully saturated rings. The van der Waals surface area contributed by atoms with E-state index >= 15 is 0 Å². The summed E-state index contributed by atoms with van der Waals surface area (Å²) in [4.78, 5) is 23.4. The molecule has 2 rings (SSSR count). The van der Waals surface area contributed by atoms with Crippen molar-refractivity contribution in [2.75, 3.05) is 5.32 Å². The summed E-state index contributed by atoms with van der Waals surface area (Å²) in [6.07, 6.45) is 0. The van der Waals surface area contributed by atoms with E-state index in [-0.39, 0.29) is 23.5 Å². The molecule has 3 N–H and O–H groups in total. The quantitative estimate of drug-likeness (QED) is 0.600. The summed E-state index contributed by atoms with van der Waals surface area (Å²) < 4.78 is 13.4. The molecule has 0 saturated carbocycles. The molecule has 0 atom stereocenters. The number of aromatic hydroxyl groups is 1. The minimum Gasteiger partial charge on any atom is -0.506 e. The Morgan fingerprint density at radius 1 is 1.14 bits per heavy atom. The van der Waals surface area contributed by atoms with Gasteiger partial charge in [-0.3, -0.25) is 9.59 Å². The number of phenolic OH excluding ortho intramolecular Hbond substituents is 1. The largest absolute Gasteiger partial charge is 0.506 e. The lowest BCUT2D eigenvalue weighted by Gasteiger charge is -2.08. The van der Waals surface area contributed by atoms with E-state index < -0.39 is 17.6 Å². The van der Waals surface area contributed by atoms with Gasteiger partial charge in [0.1, 0.15) is 11.6 Å². The molecule has 0 aliphatic heterocycles. The first-order valence-corrected chi connectivity index (χ1v) is 6.66. The number of rotatable bonds is 3. The van der Waals surface area contributed by atoms with Gasteiger partial charge in [-0.1, -0.05) is 29.8 Å². The Balaban J connectivity index is 1.97. The Bertz CT molecular complexity index is 722. The molecular formula is C15H12ClFN2O3. The van der Waals surface area contributed by atoms with Crippen LogP contribution in [0.3, 0.4) is 0 Å². The number of nitrogens with one attached hydrogen (secondary N) is 2. The smallest absolute Gasteiger partial charge is 0.313 e. The average molecular weight is 323 g/mol. The number of hydrogen-bond acceptors (Lipinski definition) is 3. The van der Waals surface area contributed by atoms with Gasteiger partial charge in [-0.2, -0.15) is 0 Å². The lowest BCUT2D eigenvalue weighted by atomic mass is 10.2. The Kier molecular flexibility index (Phi) is 4.95. The summed E-state index contributed by atoms with van der Waals surface area (Å²) in [7, 11) is 0. The Morgan fingerprint density at radius 2 is 1.86 bits per heavy atom. The van der Waals surface area contributed by atoms with Crippen LogP contribution in [0.2, 0.25) is 5.02 Å². The SMILES string of the molecule is O=C(NCc1ccccc1F)C(=O)Nc1cc(Cl)ccc1O. The van der Waals surface area contributed by atoms with Crippen LogP contribution < -0.4 is 10.6 Å². The fourth-order valence-electron chi connectivity index (χ4n) is 1.69. The maximum Gasteiger partial charge on any atom is 0.313 e. The van der Waals surface area contributed by atoms with Crippen LogP contribution in [-0.4, -0.2) is 16.9 Å². The van der Waals surface area contributed by atoms with Crippen LogP contribution in [0.5, 0.6) is 5.75 Å². The first-order valence-electron chi connectivity index (χ1n) is 6.28. The summed E-state index contributed by atoms with van der Waals surface area (Å²) in [6.45, 7) is -0.125. The van der Waals surface area contributed by atoms with Gasteiger partial charge >= 0.3 is 11.8 Å². The van der Waals surface area contributed by atoms with Crippen LogP contribution in [0.25, 0.3) is 0 Å². The highest BCUT2D eigenvalue weighted by atomic mass is 35.5. The zero-order valence-corrected chi connectivity index (χ0v) is 12.0. The van der Waals surface area contributed by atoms with Gasteiger partial charge in [0.15, 0.2) is 0 Å². The molecule has 114 valence electrons. The third-order valence-electron chi connectivity index (χ3n) is 2.81. The molecule has 0 spiro atoms. The predicted molar refractivity (Wildman–Crippen MR) is 80.0 cm³/mol. The molecule has 2 aromatic carbocycles. The van der Waals surface area contributed by atoms with Crippen LogP contribution in [0.1, 0.15) is 5.56 Å². The van der Waals surface area contributed by atoms with Crippen molar-refractivity contribution in [2.45, 2.75) is 6.54 Å². The maximum atomic E-state index is 13.4. The minimum atomic E-state index is -0.992. The van der Waals surface area contributed by atoms with E-state index in [2.05, 4.69) is 10.6 Å². The third kappa shape index (κ3) is 3.95. The lowest BCUT2D eigenvalue weighted by molar-refractivity contribution is -0.136. The number of phenols is 1. The second-order valence-corrected chi connectivity index (χ2v) is 4.83. The zero-order chi connectivity index (χ0) is 16.1. The van der Waals surface area contributed by atoms with Gasteiger partial charge in [-0.15, -0.1) is 0 Å². The van der Waals surface area contributed by atoms with E-state index in [4.69, 9.17) is 11.6 Å². The van der Waals surface area contributed by atoms with Crippen molar-refractivity contribution >= 4 is 29.1 Å². The fourth-order valence-corrected chi connectivity index (χ4v) is 1.86. The van der Waals surface area contributed by atoms with E-state index in [0.717, 1.165) is 0 Å². The lowest BCUT2D eigenvalue weighted by Crippen LogP contribution is -2.35. The van der Waals surface area contributed by atoms with Crippen molar-refractivity contribution < 1.29 is 19.1 Å². The Labute approximate surface area is 130 Å². The van der Waals surface area contributed by atoms with E-state index in [1.807, 2.05) is 0 Å². The summed E-state index contributed by atoms with van der Waals surface area (Å²) in [5.41, 5.74) is 0.271. The van der Waals surface area contributed by atoms with Crippen LogP contribution in [0.15, 0.2) is 42.5 Å². The molecule has 0 aliphatic carbocycles. The fraction of sp³-hybridized carbons (Fsp3) is 0.0667. The molecule has 0 saturated heterocycles. The zero-order valence-electron chi connectivity index (χ0n) is 11.3. The summed E-state index contributed by atoms with van der Waals surface area (Å²) in [5.74, 6) is -2.65. The van der Waals surface area contributed by atoms with Crippen LogP contribution >= 0.6 is 11.6 Å². The van der Waals surface area contributed by atoms with E-state index in [1.54, 1.807) is 6.07 Å². The van der Waals surface area contributed by atoms with Crippen molar-refractivity contribution in [2.24, 2.45) is 0 Å². The van der Waals surface area contributed by atoms with Gasteiger partial charge in [0.2, 0.25) is 0 Å². The van der Waals surface area contributed by atoms with Gasteiger partial charge in [0.05, 0.1) is 5.69 Å². The topological polar surface area (TPSA) is 78.4 Å². The molecule has 0 bridgehead atoms. The minimum absolute atomic E-state index is 0.0125. The monoisotopic (exact) mass is 322 g/mol. The summed E-state index contributed by atoms with van der Waals surface area (Å²) in [5, 5.41) is 14.4. The number of carbonyl (C=O) groups is 2. The number of anilines is 1. The van der Waals surface area contributed by atoms with Gasteiger partial charge in [-0.25, -0.2) is 4.39 Å². The van der Waals surface area contributed by atoms with Gasteiger partial charge in [-0.05, 0) is 24.3 Å². The van der Waals surface area contributed by atoms with Crippen LogP contribution in [0.4, 0.5) is 10.1 Å². The summed E-state index contributed by atoms with van der Waals surface area (Å²) >= 11 is 5.73. The first-order chi connectivity index (χ1) is 10.5. The molecule has 22 heavy (non-hydrogen) atoms. The highest BCUT2D eigenvalue weighted by molar-refractivity contribution is 6.40. The second kappa shape index (κ2) is 6.91. The molecule has 2 aromatic rings. The van der Waals surface area contributed by atoms with Crippen molar-refractivity contribution in [3.05, 3.63) is 58.9 Å². The van der Waals surface area contributed by atoms with Crippen molar-refractivity contribution in [3.63, 3.8) is 0 Å². The highest BCUT2D eigenvalue weighted by Crippen LogP contribution is 2.26. The first kappa shape index (κ1) is 15.8. The van der Waals surface area contributed by atoms with E-state index in [0.29, 0.717) is 5.02 Å². The van der Waals surface area contributed by atoms with E-state index in [1.165, 1.54) is 36.4 Å². The Hall–Kier alpha value is -2.60. The highest BCUT2D eigenvalue weighted by Gasteiger charge is 2.16. The standard InChI is InChI=1S/C15H12ClFN2O3/c16-10-5-6-13(20)12(7-10)19-15(22)14(21)18-8-9-3-1-2-4-11(9)17/h1-7,20H,8H2,(H,18,21)(H,19,22). The molecule has 0 heterocycles. The van der Waals surface area contributed by atoms with Crippen LogP contribution in [-0.2, 0) is 16.1 Å². The van der Waals surface area contributed by atoms with Crippen LogP contribution in [0, 0.1) is 5.82 Å². The number of amides is 2. The summed E-state index contributed by atoms with van der Waals surface area (Å²) in [6, 6.07) is 9.92. The van der Waals surface area contributed by atoms with Gasteiger partial charge in [0, 0.05) is 17.1 Å². The van der Waals surface area contributed by atoms with Gasteiger partial charge < -0.3 is 15.7 Å². The number of hydrogen-bond donors (Lipinski definition) is 3. The van der Waals surface area contributed by atoms with Crippen molar-refractivity contribution in [1.82, 2.24) is 5.32 Å². The number of benzene rings is 2. The van der Waals surface area contributed by atoms with Crippen molar-refractivity contribution in [1.29, 1.82) is 0 Å². The van der Waals surface area contributed by atoms with Crippen molar-refractivity contribution in [3.8, 4) is 5.75 Å². The molecule has 2 amide bonds. The molecule has 0 radical (unpaired) electrons.